The first-order chi connectivity index (χ1) is 15.7. The molecule has 33 heavy (non-hydrogen) atoms. The second-order valence-corrected chi connectivity index (χ2v) is 7.72. The fourth-order valence-corrected chi connectivity index (χ4v) is 2.74. The fraction of sp³-hybridized carbons (Fsp3) is 0.583. The van der Waals surface area contributed by atoms with Crippen LogP contribution in [-0.2, 0) is 35.1 Å². The smallest absolute Gasteiger partial charge is 0.323 e. The Morgan fingerprint density at radius 1 is 0.848 bits per heavy atom. The van der Waals surface area contributed by atoms with Crippen molar-refractivity contribution >= 4 is 23.9 Å². The van der Waals surface area contributed by atoms with Gasteiger partial charge in [-0.1, -0.05) is 26.8 Å². The Labute approximate surface area is 194 Å². The minimum Gasteiger partial charge on any atom is -0.462 e. The van der Waals surface area contributed by atoms with E-state index in [1.165, 1.54) is 12.1 Å². The molecule has 0 fully saturated rings. The first-order valence-corrected chi connectivity index (χ1v) is 11.4. The van der Waals surface area contributed by atoms with E-state index in [0.29, 0.717) is 31.2 Å². The molecule has 0 heterocycles. The fourth-order valence-electron chi connectivity index (χ4n) is 2.74. The first-order valence-electron chi connectivity index (χ1n) is 11.4. The highest BCUT2D eigenvalue weighted by Gasteiger charge is 2.21. The number of hydrogen-bond donors (Lipinski definition) is 1. The zero-order chi connectivity index (χ0) is 24.8. The first kappa shape index (κ1) is 28.1. The second-order valence-electron chi connectivity index (χ2n) is 7.72. The third-order valence-corrected chi connectivity index (χ3v) is 4.37. The predicted molar refractivity (Wildman–Crippen MR) is 121 cm³/mol. The zero-order valence-electron chi connectivity index (χ0n) is 19.9. The quantitative estimate of drug-likeness (QED) is 0.325. The van der Waals surface area contributed by atoms with Gasteiger partial charge in [0.15, 0.2) is 11.5 Å². The maximum atomic E-state index is 12.3. The van der Waals surface area contributed by atoms with Crippen molar-refractivity contribution in [2.24, 2.45) is 5.73 Å². The molecule has 0 spiro atoms. The molecule has 2 N–H and O–H groups in total. The van der Waals surface area contributed by atoms with Gasteiger partial charge in [0.1, 0.15) is 18.8 Å². The van der Waals surface area contributed by atoms with Crippen LogP contribution in [0, 0.1) is 0 Å². The van der Waals surface area contributed by atoms with Crippen LogP contribution in [0.4, 0.5) is 0 Å². The Morgan fingerprint density at radius 3 is 1.97 bits per heavy atom. The van der Waals surface area contributed by atoms with E-state index in [2.05, 4.69) is 0 Å². The van der Waals surface area contributed by atoms with Crippen LogP contribution < -0.4 is 15.2 Å². The predicted octanol–water partition coefficient (Wildman–Crippen LogP) is 3.24. The van der Waals surface area contributed by atoms with E-state index in [0.717, 1.165) is 0 Å². The summed E-state index contributed by atoms with van der Waals surface area (Å²) in [7, 11) is 0. The lowest BCUT2D eigenvalue weighted by atomic mass is 10.1. The summed E-state index contributed by atoms with van der Waals surface area (Å²) in [6, 6.07) is 3.66. The number of rotatable bonds is 14. The Hall–Kier alpha value is -2.94. The van der Waals surface area contributed by atoms with Crippen LogP contribution in [0.25, 0.3) is 0 Å². The summed E-state index contributed by atoms with van der Waals surface area (Å²) in [5.74, 6) is -1.69. The van der Waals surface area contributed by atoms with Gasteiger partial charge in [-0.05, 0) is 50.3 Å². The Morgan fingerprint density at radius 2 is 1.39 bits per heavy atom. The minimum atomic E-state index is -0.994. The number of carbonyl (C=O) groups is 4. The summed E-state index contributed by atoms with van der Waals surface area (Å²) in [6.07, 6.45) is 2.09. The Bertz CT molecular complexity index is 808. The highest BCUT2D eigenvalue weighted by Crippen LogP contribution is 2.30. The van der Waals surface area contributed by atoms with E-state index in [-0.39, 0.29) is 43.3 Å². The maximum Gasteiger partial charge on any atom is 0.323 e. The molecule has 0 radical (unpaired) electrons. The normalized spacial score (nSPS) is 12.4. The average Bonchev–Trinajstić information content (AvgIpc) is 2.74. The molecule has 1 aromatic rings. The van der Waals surface area contributed by atoms with E-state index in [9.17, 15) is 19.2 Å². The molecule has 184 valence electrons. The molecular formula is C24H35NO8. The van der Waals surface area contributed by atoms with Crippen LogP contribution in [0.3, 0.4) is 0 Å². The topological polar surface area (TPSA) is 131 Å². The van der Waals surface area contributed by atoms with E-state index >= 15 is 0 Å². The summed E-state index contributed by atoms with van der Waals surface area (Å²) < 4.78 is 21.0. The monoisotopic (exact) mass is 465 g/mol. The number of carbonyl (C=O) groups excluding carboxylic acids is 4. The molecule has 1 aromatic carbocycles. The van der Waals surface area contributed by atoms with Crippen LogP contribution in [0.5, 0.6) is 11.5 Å². The van der Waals surface area contributed by atoms with Crippen molar-refractivity contribution in [1.29, 1.82) is 0 Å². The van der Waals surface area contributed by atoms with Gasteiger partial charge in [-0.3, -0.25) is 19.2 Å². The molecule has 0 bridgehead atoms. The van der Waals surface area contributed by atoms with Gasteiger partial charge in [0.25, 0.3) is 0 Å². The van der Waals surface area contributed by atoms with Gasteiger partial charge < -0.3 is 24.7 Å². The lowest BCUT2D eigenvalue weighted by Gasteiger charge is -2.17. The molecule has 9 nitrogen and oxygen atoms in total. The van der Waals surface area contributed by atoms with E-state index < -0.39 is 30.1 Å². The van der Waals surface area contributed by atoms with Crippen molar-refractivity contribution in [1.82, 2.24) is 0 Å². The summed E-state index contributed by atoms with van der Waals surface area (Å²) in [5, 5.41) is 0. The number of benzene rings is 1. The highest BCUT2D eigenvalue weighted by atomic mass is 16.6. The van der Waals surface area contributed by atoms with Crippen molar-refractivity contribution in [2.45, 2.75) is 84.8 Å². The standard InChI is InChI=1S/C24H35NO8/c1-5-8-21(26)30-15-16(4)31-24(29)18(25)13-17-11-12-19(32-22(27)9-6-2)20(14-17)33-23(28)10-7-3/h11-12,14,16,18H,5-10,13,15,25H2,1-4H3/t16-,18-/m0/s1. The zero-order valence-corrected chi connectivity index (χ0v) is 19.9. The van der Waals surface area contributed by atoms with E-state index in [4.69, 9.17) is 24.7 Å². The molecular weight excluding hydrogens is 430 g/mol. The summed E-state index contributed by atoms with van der Waals surface area (Å²) in [4.78, 5) is 47.6. The van der Waals surface area contributed by atoms with Gasteiger partial charge >= 0.3 is 23.9 Å². The summed E-state index contributed by atoms with van der Waals surface area (Å²) >= 11 is 0. The lowest BCUT2D eigenvalue weighted by Crippen LogP contribution is -2.37. The number of nitrogens with two attached hydrogens (primary N) is 1. The van der Waals surface area contributed by atoms with Crippen LogP contribution >= 0.6 is 0 Å². The molecule has 0 amide bonds. The number of ether oxygens (including phenoxy) is 4. The SMILES string of the molecule is CCCC(=O)OC[C@H](C)OC(=O)[C@@H](N)Cc1ccc(OC(=O)CCC)c(OC(=O)CCC)c1. The second kappa shape index (κ2) is 15.0. The van der Waals surface area contributed by atoms with Gasteiger partial charge in [0, 0.05) is 19.3 Å². The van der Waals surface area contributed by atoms with Gasteiger partial charge in [-0.25, -0.2) is 0 Å². The van der Waals surface area contributed by atoms with Gasteiger partial charge in [0.2, 0.25) is 0 Å². The van der Waals surface area contributed by atoms with Gasteiger partial charge in [-0.15, -0.1) is 0 Å². The molecule has 9 heteroatoms. The van der Waals surface area contributed by atoms with Gasteiger partial charge in [0.05, 0.1) is 0 Å². The molecule has 2 atom stereocenters. The number of esters is 4. The Kier molecular flexibility index (Phi) is 12.8. The highest BCUT2D eigenvalue weighted by molar-refractivity contribution is 5.77. The molecule has 0 aliphatic heterocycles. The Balaban J connectivity index is 2.81. The van der Waals surface area contributed by atoms with Crippen LogP contribution in [-0.4, -0.2) is 42.6 Å². The molecule has 1 rings (SSSR count). The lowest BCUT2D eigenvalue weighted by molar-refractivity contribution is -0.159. The van der Waals surface area contributed by atoms with Crippen molar-refractivity contribution in [2.75, 3.05) is 6.61 Å². The molecule has 0 aromatic heterocycles. The number of hydrogen-bond acceptors (Lipinski definition) is 9. The summed E-state index contributed by atoms with van der Waals surface area (Å²) in [5.41, 5.74) is 6.58. The molecule has 0 saturated heterocycles. The van der Waals surface area contributed by atoms with Crippen molar-refractivity contribution in [3.8, 4) is 11.5 Å². The third-order valence-electron chi connectivity index (χ3n) is 4.37. The summed E-state index contributed by atoms with van der Waals surface area (Å²) in [6.45, 7) is 7.11. The minimum absolute atomic E-state index is 0.0490. The van der Waals surface area contributed by atoms with Crippen molar-refractivity contribution in [3.63, 3.8) is 0 Å². The van der Waals surface area contributed by atoms with E-state index in [1.54, 1.807) is 13.0 Å². The molecule has 0 saturated carbocycles. The average molecular weight is 466 g/mol. The van der Waals surface area contributed by atoms with Crippen molar-refractivity contribution in [3.05, 3.63) is 23.8 Å². The van der Waals surface area contributed by atoms with Crippen LogP contribution in [0.15, 0.2) is 18.2 Å². The van der Waals surface area contributed by atoms with Crippen LogP contribution in [0.2, 0.25) is 0 Å². The largest absolute Gasteiger partial charge is 0.462 e. The van der Waals surface area contributed by atoms with Gasteiger partial charge in [-0.2, -0.15) is 0 Å². The van der Waals surface area contributed by atoms with Crippen molar-refractivity contribution < 1.29 is 38.1 Å². The molecule has 0 aliphatic rings. The third kappa shape index (κ3) is 11.0. The molecule has 0 aliphatic carbocycles. The van der Waals surface area contributed by atoms with E-state index in [1.807, 2.05) is 20.8 Å². The molecule has 0 unspecified atom stereocenters. The van der Waals surface area contributed by atoms with Crippen LogP contribution in [0.1, 0.15) is 71.8 Å². The maximum absolute atomic E-state index is 12.3.